The summed E-state index contributed by atoms with van der Waals surface area (Å²) in [7, 11) is 1.63. The van der Waals surface area contributed by atoms with Crippen molar-refractivity contribution in [3.05, 3.63) is 75.7 Å². The maximum Gasteiger partial charge on any atom is 0.239 e. The van der Waals surface area contributed by atoms with E-state index in [1.54, 1.807) is 19.3 Å². The summed E-state index contributed by atoms with van der Waals surface area (Å²) in [6.07, 6.45) is 3.26. The summed E-state index contributed by atoms with van der Waals surface area (Å²) in [4.78, 5) is 20.0. The van der Waals surface area contributed by atoms with E-state index in [0.29, 0.717) is 5.56 Å². The van der Waals surface area contributed by atoms with Gasteiger partial charge in [-0.15, -0.1) is 11.3 Å². The quantitative estimate of drug-likeness (QED) is 0.580. The van der Waals surface area contributed by atoms with Gasteiger partial charge in [0.15, 0.2) is 5.96 Å². The highest BCUT2D eigenvalue weighted by Crippen LogP contribution is 2.44. The normalized spacial score (nSPS) is 21.0. The molecule has 2 N–H and O–H groups in total. The molecule has 1 saturated heterocycles. The molecular formula is C26H27N5OS. The van der Waals surface area contributed by atoms with Crippen molar-refractivity contribution in [1.29, 1.82) is 10.7 Å². The number of thiophene rings is 1. The Labute approximate surface area is 198 Å². The lowest BCUT2D eigenvalue weighted by molar-refractivity contribution is -0.131. The van der Waals surface area contributed by atoms with E-state index in [0.717, 1.165) is 21.6 Å². The number of hydrogen-bond acceptors (Lipinski definition) is 5. The molecule has 3 aromatic rings. The lowest BCUT2D eigenvalue weighted by Gasteiger charge is -2.45. The minimum atomic E-state index is -0.799. The Morgan fingerprint density at radius 3 is 2.52 bits per heavy atom. The van der Waals surface area contributed by atoms with E-state index < -0.39 is 11.5 Å². The predicted octanol–water partition coefficient (Wildman–Crippen LogP) is 4.97. The molecule has 33 heavy (non-hydrogen) atoms. The van der Waals surface area contributed by atoms with Crippen LogP contribution in [0.25, 0.3) is 11.1 Å². The van der Waals surface area contributed by atoms with Gasteiger partial charge in [0, 0.05) is 29.9 Å². The fraction of sp³-hybridized carbons (Fsp3) is 0.308. The first-order valence-electron chi connectivity index (χ1n) is 10.7. The molecule has 6 nitrogen and oxygen atoms in total. The van der Waals surface area contributed by atoms with Crippen LogP contribution in [0.5, 0.6) is 0 Å². The molecule has 7 heteroatoms. The molecule has 4 rings (SSSR count). The maximum absolute atomic E-state index is 13.5. The summed E-state index contributed by atoms with van der Waals surface area (Å²) >= 11 is 1.53. The third kappa shape index (κ3) is 4.03. The van der Waals surface area contributed by atoms with Gasteiger partial charge < -0.3 is 5.32 Å². The van der Waals surface area contributed by atoms with Gasteiger partial charge in [0.05, 0.1) is 17.0 Å². The monoisotopic (exact) mass is 457 g/mol. The van der Waals surface area contributed by atoms with Gasteiger partial charge in [0.1, 0.15) is 6.07 Å². The number of rotatable bonds is 3. The Morgan fingerprint density at radius 1 is 1.18 bits per heavy atom. The zero-order chi connectivity index (χ0) is 24.0. The Morgan fingerprint density at radius 2 is 1.88 bits per heavy atom. The van der Waals surface area contributed by atoms with Crippen LogP contribution < -0.4 is 5.32 Å². The van der Waals surface area contributed by atoms with E-state index in [2.05, 4.69) is 49.3 Å². The molecule has 0 aliphatic carbocycles. The molecule has 2 aromatic heterocycles. The van der Waals surface area contributed by atoms with Gasteiger partial charge in [-0.05, 0) is 46.5 Å². The number of nitrogens with one attached hydrogen (secondary N) is 2. The summed E-state index contributed by atoms with van der Waals surface area (Å²) in [5.74, 6) is -0.540. The molecule has 0 spiro atoms. The Bertz CT molecular complexity index is 1260. The molecule has 168 valence electrons. The fourth-order valence-corrected chi connectivity index (χ4v) is 5.29. The molecule has 1 amide bonds. The molecule has 0 saturated carbocycles. The van der Waals surface area contributed by atoms with E-state index >= 15 is 0 Å². The third-order valence-electron chi connectivity index (χ3n) is 6.29. The minimum absolute atomic E-state index is 0.0181. The lowest BCUT2D eigenvalue weighted by atomic mass is 9.76. The number of amides is 1. The molecule has 1 fully saturated rings. The molecule has 0 radical (unpaired) electrons. The van der Waals surface area contributed by atoms with Crippen LogP contribution in [0.1, 0.15) is 55.2 Å². The van der Waals surface area contributed by atoms with Crippen molar-refractivity contribution in [2.45, 2.75) is 44.6 Å². The molecule has 1 aromatic carbocycles. The Balaban J connectivity index is 1.79. The van der Waals surface area contributed by atoms with Crippen LogP contribution in [0.2, 0.25) is 0 Å². The number of carbonyl (C=O) groups is 1. The average Bonchev–Trinajstić information content (AvgIpc) is 3.29. The van der Waals surface area contributed by atoms with Gasteiger partial charge in [-0.2, -0.15) is 5.26 Å². The van der Waals surface area contributed by atoms with Crippen LogP contribution in [0, 0.1) is 16.7 Å². The second-order valence-corrected chi connectivity index (χ2v) is 10.6. The summed E-state index contributed by atoms with van der Waals surface area (Å²) < 4.78 is 0. The van der Waals surface area contributed by atoms with Crippen molar-refractivity contribution in [2.24, 2.45) is 0 Å². The zero-order valence-corrected chi connectivity index (χ0v) is 20.2. The predicted molar refractivity (Wildman–Crippen MR) is 131 cm³/mol. The molecule has 1 aliphatic rings. The van der Waals surface area contributed by atoms with E-state index in [1.807, 2.05) is 30.5 Å². The van der Waals surface area contributed by atoms with Crippen molar-refractivity contribution in [1.82, 2.24) is 15.2 Å². The van der Waals surface area contributed by atoms with Gasteiger partial charge in [0.2, 0.25) is 5.91 Å². The Kier molecular flexibility index (Phi) is 5.59. The standard InChI is InChI=1S/C26H27N5OS/c1-25(2,3)20-8-6-17(7-9-20)22-23(32)31(5)24(28)30-26(22,4)21-11-19(15-33-21)18-10-16(12-27)13-29-14-18/h6-11,13-15,22H,1-5H3,(H2,28,30)/t22-,26+/m0/s1. The Hall–Kier alpha value is -3.50. The SMILES string of the molecule is CN1C(=N)N[C@](C)(c2cc(-c3cncc(C#N)c3)cs2)[C@@H](c2ccc(C(C)(C)C)cc2)C1=O. The summed E-state index contributed by atoms with van der Waals surface area (Å²) in [5.41, 5.74) is 3.61. The average molecular weight is 458 g/mol. The summed E-state index contributed by atoms with van der Waals surface area (Å²) in [5, 5.41) is 22.9. The van der Waals surface area contributed by atoms with Gasteiger partial charge in [-0.3, -0.25) is 20.1 Å². The molecule has 1 aliphatic heterocycles. The number of pyridine rings is 1. The first kappa shape index (κ1) is 22.7. The molecule has 0 bridgehead atoms. The molecule has 2 atom stereocenters. The van der Waals surface area contributed by atoms with E-state index in [-0.39, 0.29) is 17.3 Å². The maximum atomic E-state index is 13.5. The second-order valence-electron chi connectivity index (χ2n) is 9.65. The van der Waals surface area contributed by atoms with E-state index in [4.69, 9.17) is 5.41 Å². The highest BCUT2D eigenvalue weighted by Gasteiger charge is 2.49. The largest absolute Gasteiger partial charge is 0.345 e. The fourth-order valence-electron chi connectivity index (χ4n) is 4.23. The van der Waals surface area contributed by atoms with Crippen LogP contribution >= 0.6 is 11.3 Å². The molecule has 3 heterocycles. The van der Waals surface area contributed by atoms with Gasteiger partial charge in [0.25, 0.3) is 0 Å². The number of carbonyl (C=O) groups excluding carboxylic acids is 1. The third-order valence-corrected chi connectivity index (χ3v) is 7.46. The van der Waals surface area contributed by atoms with Crippen molar-refractivity contribution in [3.8, 4) is 17.2 Å². The number of nitrogens with zero attached hydrogens (tertiary/aromatic N) is 3. The van der Waals surface area contributed by atoms with Crippen LogP contribution in [0.15, 0.2) is 54.2 Å². The van der Waals surface area contributed by atoms with Crippen LogP contribution in [0.4, 0.5) is 0 Å². The highest BCUT2D eigenvalue weighted by atomic mass is 32.1. The van der Waals surface area contributed by atoms with Crippen molar-refractivity contribution in [3.63, 3.8) is 0 Å². The lowest BCUT2D eigenvalue weighted by Crippen LogP contribution is -2.62. The first-order valence-corrected chi connectivity index (χ1v) is 11.6. The van der Waals surface area contributed by atoms with Crippen molar-refractivity contribution in [2.75, 3.05) is 7.05 Å². The number of aromatic nitrogens is 1. The number of benzene rings is 1. The van der Waals surface area contributed by atoms with Crippen molar-refractivity contribution >= 4 is 23.2 Å². The van der Waals surface area contributed by atoms with Gasteiger partial charge in [-0.25, -0.2) is 0 Å². The smallest absolute Gasteiger partial charge is 0.239 e. The van der Waals surface area contributed by atoms with Crippen LogP contribution in [0.3, 0.4) is 0 Å². The van der Waals surface area contributed by atoms with Crippen LogP contribution in [-0.2, 0) is 15.7 Å². The minimum Gasteiger partial charge on any atom is -0.345 e. The highest BCUT2D eigenvalue weighted by molar-refractivity contribution is 7.10. The van der Waals surface area contributed by atoms with E-state index in [1.165, 1.54) is 28.0 Å². The second kappa shape index (κ2) is 8.13. The van der Waals surface area contributed by atoms with Crippen molar-refractivity contribution < 1.29 is 4.79 Å². The number of guanidine groups is 1. The number of hydrogen-bond donors (Lipinski definition) is 2. The molecular weight excluding hydrogens is 430 g/mol. The first-order chi connectivity index (χ1) is 15.5. The zero-order valence-electron chi connectivity index (χ0n) is 19.4. The van der Waals surface area contributed by atoms with E-state index in [9.17, 15) is 10.1 Å². The topological polar surface area (TPSA) is 92.9 Å². The number of nitriles is 1. The number of likely N-dealkylation sites (N-methyl/N-ethyl adjacent to an activating group) is 1. The summed E-state index contributed by atoms with van der Waals surface area (Å²) in [6, 6.07) is 14.2. The van der Waals surface area contributed by atoms with Crippen LogP contribution in [-0.4, -0.2) is 28.8 Å². The van der Waals surface area contributed by atoms with Gasteiger partial charge >= 0.3 is 0 Å². The molecule has 0 unspecified atom stereocenters. The van der Waals surface area contributed by atoms with Gasteiger partial charge in [-0.1, -0.05) is 45.0 Å². The summed E-state index contributed by atoms with van der Waals surface area (Å²) in [6.45, 7) is 8.47.